The number of methoxy groups -OCH3 is 2. The van der Waals surface area contributed by atoms with Crippen molar-refractivity contribution in [3.05, 3.63) is 12.8 Å². The highest BCUT2D eigenvalue weighted by atomic mass is 16.5. The predicted molar refractivity (Wildman–Crippen MR) is 61.6 cm³/mol. The summed E-state index contributed by atoms with van der Waals surface area (Å²) in [4.78, 5) is 0. The minimum atomic E-state index is 0.281. The maximum atomic E-state index is 9.03. The van der Waals surface area contributed by atoms with E-state index in [0.717, 1.165) is 18.8 Å². The van der Waals surface area contributed by atoms with Crippen molar-refractivity contribution in [3.8, 4) is 0 Å². The summed E-state index contributed by atoms with van der Waals surface area (Å²) in [7, 11) is 3.30. The third-order valence-electron chi connectivity index (χ3n) is 2.88. The van der Waals surface area contributed by atoms with Crippen LogP contribution in [0.25, 0.3) is 0 Å². The molecule has 0 bridgehead atoms. The van der Waals surface area contributed by atoms with Crippen molar-refractivity contribution in [1.82, 2.24) is 0 Å². The molecule has 0 aliphatic heterocycles. The lowest BCUT2D eigenvalue weighted by Crippen LogP contribution is -2.32. The Morgan fingerprint density at radius 3 is 2.40 bits per heavy atom. The molecule has 15 heavy (non-hydrogen) atoms. The molecule has 1 fully saturated rings. The van der Waals surface area contributed by atoms with Crippen molar-refractivity contribution in [2.24, 2.45) is 11.8 Å². The normalized spacial score (nSPS) is 30.0. The topological polar surface area (TPSA) is 38.7 Å². The van der Waals surface area contributed by atoms with Gasteiger partial charge in [0, 0.05) is 19.6 Å². The van der Waals surface area contributed by atoms with Gasteiger partial charge < -0.3 is 14.6 Å². The van der Waals surface area contributed by atoms with Gasteiger partial charge in [-0.2, -0.15) is 0 Å². The average Bonchev–Trinajstić information content (AvgIpc) is 2.29. The Morgan fingerprint density at radius 1 is 1.40 bits per heavy atom. The molecule has 1 N–H and O–H groups in total. The molecule has 0 spiro atoms. The Morgan fingerprint density at radius 2 is 2.00 bits per heavy atom. The van der Waals surface area contributed by atoms with E-state index < -0.39 is 0 Å². The second kappa shape index (κ2) is 8.74. The minimum Gasteiger partial charge on any atom is -0.505 e. The molecule has 1 aliphatic rings. The zero-order valence-electron chi connectivity index (χ0n) is 10.1. The van der Waals surface area contributed by atoms with Crippen LogP contribution in [0.2, 0.25) is 0 Å². The van der Waals surface area contributed by atoms with E-state index in [-0.39, 0.29) is 6.61 Å². The molecule has 1 aliphatic carbocycles. The third-order valence-corrected chi connectivity index (χ3v) is 2.88. The zero-order valence-corrected chi connectivity index (χ0v) is 10.1. The Labute approximate surface area is 93.1 Å². The summed E-state index contributed by atoms with van der Waals surface area (Å²) in [5.74, 6) is 1.14. The van der Waals surface area contributed by atoms with Crippen LogP contribution >= 0.6 is 0 Å². The van der Waals surface area contributed by atoms with Gasteiger partial charge in [-0.15, -0.1) is 0 Å². The molecule has 0 heterocycles. The molecule has 3 atom stereocenters. The molecule has 0 aromatic carbocycles. The van der Waals surface area contributed by atoms with E-state index in [2.05, 4.69) is 18.2 Å². The van der Waals surface area contributed by atoms with Crippen LogP contribution in [0, 0.1) is 11.8 Å². The molecule has 0 aromatic rings. The largest absolute Gasteiger partial charge is 0.505 e. The highest BCUT2D eigenvalue weighted by Crippen LogP contribution is 2.30. The number of hydrogen-bond acceptors (Lipinski definition) is 3. The van der Waals surface area contributed by atoms with Gasteiger partial charge in [-0.3, -0.25) is 0 Å². The minimum absolute atomic E-state index is 0.281. The Kier molecular flexibility index (Phi) is 8.43. The van der Waals surface area contributed by atoms with E-state index in [1.807, 2.05) is 0 Å². The van der Waals surface area contributed by atoms with Crippen molar-refractivity contribution in [2.75, 3.05) is 20.8 Å². The van der Waals surface area contributed by atoms with Crippen LogP contribution < -0.4 is 0 Å². The van der Waals surface area contributed by atoms with Gasteiger partial charge in [0.05, 0.1) is 19.5 Å². The highest BCUT2D eigenvalue weighted by Gasteiger charge is 2.27. The smallest absolute Gasteiger partial charge is 0.0766 e. The van der Waals surface area contributed by atoms with Gasteiger partial charge in [0.15, 0.2) is 0 Å². The van der Waals surface area contributed by atoms with Gasteiger partial charge in [-0.05, 0) is 25.2 Å². The van der Waals surface area contributed by atoms with Crippen LogP contribution in [-0.4, -0.2) is 32.0 Å². The predicted octanol–water partition coefficient (Wildman–Crippen LogP) is 2.21. The van der Waals surface area contributed by atoms with Crippen molar-refractivity contribution < 1.29 is 14.6 Å². The Balaban J connectivity index is 0.000000423. The van der Waals surface area contributed by atoms with E-state index in [1.54, 1.807) is 14.2 Å². The lowest BCUT2D eigenvalue weighted by atomic mass is 9.81. The number of rotatable bonds is 3. The SMILES string of the molecule is C=COC.COC1CCC(C)CC1CO. The summed E-state index contributed by atoms with van der Waals surface area (Å²) in [6, 6.07) is 0. The first-order chi connectivity index (χ1) is 7.19. The summed E-state index contributed by atoms with van der Waals surface area (Å²) in [6.45, 7) is 5.78. The number of aliphatic hydroxyl groups excluding tert-OH is 1. The molecule has 0 amide bonds. The van der Waals surface area contributed by atoms with Crippen LogP contribution in [0.4, 0.5) is 0 Å². The fourth-order valence-electron chi connectivity index (χ4n) is 1.97. The third kappa shape index (κ3) is 5.80. The quantitative estimate of drug-likeness (QED) is 0.735. The molecule has 3 heteroatoms. The summed E-state index contributed by atoms with van der Waals surface area (Å²) in [5, 5.41) is 9.03. The van der Waals surface area contributed by atoms with E-state index >= 15 is 0 Å². The second-order valence-electron chi connectivity index (χ2n) is 4.04. The first-order valence-electron chi connectivity index (χ1n) is 5.46. The average molecular weight is 216 g/mol. The van der Waals surface area contributed by atoms with Crippen LogP contribution in [0.15, 0.2) is 12.8 Å². The van der Waals surface area contributed by atoms with Crippen LogP contribution in [0.1, 0.15) is 26.2 Å². The van der Waals surface area contributed by atoms with Crippen molar-refractivity contribution in [3.63, 3.8) is 0 Å². The lowest BCUT2D eigenvalue weighted by molar-refractivity contribution is -0.0120. The molecule has 0 aromatic heterocycles. The van der Waals surface area contributed by atoms with Gasteiger partial charge in [-0.25, -0.2) is 0 Å². The lowest BCUT2D eigenvalue weighted by Gasteiger charge is -2.32. The molecular formula is C12H24O3. The van der Waals surface area contributed by atoms with Gasteiger partial charge in [0.1, 0.15) is 0 Å². The number of aliphatic hydroxyl groups is 1. The van der Waals surface area contributed by atoms with Crippen molar-refractivity contribution in [1.29, 1.82) is 0 Å². The fraction of sp³-hybridized carbons (Fsp3) is 0.833. The van der Waals surface area contributed by atoms with Crippen LogP contribution in [0.5, 0.6) is 0 Å². The molecule has 0 saturated heterocycles. The maximum absolute atomic E-state index is 9.03. The van der Waals surface area contributed by atoms with E-state index in [9.17, 15) is 0 Å². The van der Waals surface area contributed by atoms with Crippen molar-refractivity contribution >= 4 is 0 Å². The molecular weight excluding hydrogens is 192 g/mol. The molecule has 1 saturated carbocycles. The Hall–Kier alpha value is -0.540. The molecule has 3 unspecified atom stereocenters. The second-order valence-corrected chi connectivity index (χ2v) is 4.04. The van der Waals surface area contributed by atoms with Crippen LogP contribution in [0.3, 0.4) is 0 Å². The number of ether oxygens (including phenoxy) is 2. The standard InChI is InChI=1S/C9H18O2.C3H6O/c1-7-3-4-9(11-2)8(5-7)6-10;1-3-4-2/h7-10H,3-6H2,1-2H3;3H,1H2,2H3. The monoisotopic (exact) mass is 216 g/mol. The zero-order chi connectivity index (χ0) is 11.7. The highest BCUT2D eigenvalue weighted by molar-refractivity contribution is 4.78. The first-order valence-corrected chi connectivity index (χ1v) is 5.46. The van der Waals surface area contributed by atoms with Gasteiger partial charge in [0.25, 0.3) is 0 Å². The molecule has 3 nitrogen and oxygen atoms in total. The van der Waals surface area contributed by atoms with Gasteiger partial charge in [0.2, 0.25) is 0 Å². The van der Waals surface area contributed by atoms with Crippen molar-refractivity contribution in [2.45, 2.75) is 32.3 Å². The molecule has 90 valence electrons. The van der Waals surface area contributed by atoms with Gasteiger partial charge in [-0.1, -0.05) is 13.5 Å². The van der Waals surface area contributed by atoms with E-state index in [4.69, 9.17) is 9.84 Å². The van der Waals surface area contributed by atoms with Gasteiger partial charge >= 0.3 is 0 Å². The summed E-state index contributed by atoms with van der Waals surface area (Å²) >= 11 is 0. The molecule has 1 rings (SSSR count). The number of hydrogen-bond donors (Lipinski definition) is 1. The summed E-state index contributed by atoms with van der Waals surface area (Å²) in [6.07, 6.45) is 5.16. The maximum Gasteiger partial charge on any atom is 0.0766 e. The fourth-order valence-corrected chi connectivity index (χ4v) is 1.97. The first kappa shape index (κ1) is 14.5. The van der Waals surface area contributed by atoms with Crippen LogP contribution in [-0.2, 0) is 9.47 Å². The van der Waals surface area contributed by atoms with E-state index in [0.29, 0.717) is 12.0 Å². The molecule has 0 radical (unpaired) electrons. The summed E-state index contributed by atoms with van der Waals surface area (Å²) < 4.78 is 9.59. The Bertz CT molecular complexity index is 159. The summed E-state index contributed by atoms with van der Waals surface area (Å²) in [5.41, 5.74) is 0. The van der Waals surface area contributed by atoms with E-state index in [1.165, 1.54) is 12.7 Å².